The molecule has 26 heavy (non-hydrogen) atoms. The maximum absolute atomic E-state index is 12.2. The van der Waals surface area contributed by atoms with Gasteiger partial charge < -0.3 is 14.8 Å². The van der Waals surface area contributed by atoms with Gasteiger partial charge in [0.2, 0.25) is 0 Å². The highest BCUT2D eigenvalue weighted by Gasteiger charge is 2.24. The first-order chi connectivity index (χ1) is 12.6. The Morgan fingerprint density at radius 2 is 2.00 bits per heavy atom. The summed E-state index contributed by atoms with van der Waals surface area (Å²) in [6.07, 6.45) is 1.79. The molecule has 134 valence electrons. The van der Waals surface area contributed by atoms with E-state index in [0.29, 0.717) is 22.4 Å². The maximum atomic E-state index is 12.2. The number of rotatable bonds is 5. The summed E-state index contributed by atoms with van der Waals surface area (Å²) < 4.78 is 11.9. The van der Waals surface area contributed by atoms with Crippen LogP contribution in [0.2, 0.25) is 0 Å². The predicted octanol–water partition coefficient (Wildman–Crippen LogP) is 4.75. The number of halogens is 1. The summed E-state index contributed by atoms with van der Waals surface area (Å²) in [7, 11) is 1.59. The van der Waals surface area contributed by atoms with Crippen molar-refractivity contribution in [3.8, 4) is 11.5 Å². The molecule has 1 saturated heterocycles. The average molecular weight is 433 g/mol. The Balaban J connectivity index is 1.83. The number of carbonyl (C=O) groups is 1. The Morgan fingerprint density at radius 3 is 2.69 bits per heavy atom. The van der Waals surface area contributed by atoms with Crippen molar-refractivity contribution in [1.29, 1.82) is 0 Å². The summed E-state index contributed by atoms with van der Waals surface area (Å²) in [5.74, 6) is 1.20. The van der Waals surface area contributed by atoms with Gasteiger partial charge in [0.05, 0.1) is 24.3 Å². The molecule has 3 rings (SSSR count). The third-order valence-electron chi connectivity index (χ3n) is 3.51. The number of aliphatic imine (C=N–C) groups is 1. The lowest BCUT2D eigenvalue weighted by molar-refractivity contribution is -0.115. The summed E-state index contributed by atoms with van der Waals surface area (Å²) in [6, 6.07) is 13.1. The molecule has 0 spiro atoms. The van der Waals surface area contributed by atoms with Crippen LogP contribution in [0.3, 0.4) is 0 Å². The zero-order valence-corrected chi connectivity index (χ0v) is 16.7. The molecule has 7 heteroatoms. The first kappa shape index (κ1) is 18.5. The number of benzene rings is 2. The van der Waals surface area contributed by atoms with Crippen molar-refractivity contribution in [1.82, 2.24) is 5.32 Å². The standard InChI is InChI=1S/C19H17BrN2O3S/c1-3-25-15-9-4-12(16(11-15)24-2)10-17-18(23)22-19(26-17)21-14-7-5-13(20)6-8-14/h4-11H,3H2,1-2H3,(H,21,22,23). The molecule has 5 nitrogen and oxygen atoms in total. The topological polar surface area (TPSA) is 59.9 Å². The van der Waals surface area contributed by atoms with Gasteiger partial charge in [0, 0.05) is 16.1 Å². The predicted molar refractivity (Wildman–Crippen MR) is 109 cm³/mol. The Labute approximate surface area is 164 Å². The molecule has 2 aromatic rings. The largest absolute Gasteiger partial charge is 0.496 e. The van der Waals surface area contributed by atoms with E-state index in [2.05, 4.69) is 26.2 Å². The fourth-order valence-electron chi connectivity index (χ4n) is 2.32. The highest BCUT2D eigenvalue weighted by atomic mass is 79.9. The lowest BCUT2D eigenvalue weighted by Gasteiger charge is -2.08. The van der Waals surface area contributed by atoms with Crippen molar-refractivity contribution >= 4 is 50.5 Å². The molecule has 1 fully saturated rings. The second-order valence-electron chi connectivity index (χ2n) is 5.29. The lowest BCUT2D eigenvalue weighted by atomic mass is 10.1. The minimum atomic E-state index is -0.179. The minimum Gasteiger partial charge on any atom is -0.496 e. The van der Waals surface area contributed by atoms with Gasteiger partial charge in [-0.25, -0.2) is 4.99 Å². The van der Waals surface area contributed by atoms with Crippen LogP contribution in [0.1, 0.15) is 12.5 Å². The maximum Gasteiger partial charge on any atom is 0.264 e. The summed E-state index contributed by atoms with van der Waals surface area (Å²) in [5, 5.41) is 3.33. The van der Waals surface area contributed by atoms with E-state index in [1.54, 1.807) is 13.2 Å². The van der Waals surface area contributed by atoms with Crippen LogP contribution in [0, 0.1) is 0 Å². The van der Waals surface area contributed by atoms with E-state index in [-0.39, 0.29) is 5.91 Å². The van der Waals surface area contributed by atoms with Crippen molar-refractivity contribution in [3.05, 3.63) is 57.4 Å². The van der Waals surface area contributed by atoms with Gasteiger partial charge in [-0.15, -0.1) is 0 Å². The van der Waals surface area contributed by atoms with Gasteiger partial charge in [0.1, 0.15) is 11.5 Å². The van der Waals surface area contributed by atoms with Crippen LogP contribution in [-0.4, -0.2) is 24.8 Å². The van der Waals surface area contributed by atoms with Crippen LogP contribution in [0.25, 0.3) is 6.08 Å². The van der Waals surface area contributed by atoms with E-state index in [1.807, 2.05) is 49.4 Å². The highest BCUT2D eigenvalue weighted by molar-refractivity contribution is 9.10. The van der Waals surface area contributed by atoms with Gasteiger partial charge in [-0.2, -0.15) is 0 Å². The number of hydrogen-bond acceptors (Lipinski definition) is 5. The van der Waals surface area contributed by atoms with Crippen molar-refractivity contribution in [3.63, 3.8) is 0 Å². The first-order valence-electron chi connectivity index (χ1n) is 7.95. The molecule has 1 amide bonds. The minimum absolute atomic E-state index is 0.179. The van der Waals surface area contributed by atoms with Gasteiger partial charge in [0.15, 0.2) is 5.17 Å². The highest BCUT2D eigenvalue weighted by Crippen LogP contribution is 2.32. The molecule has 1 N–H and O–H groups in total. The van der Waals surface area contributed by atoms with Gasteiger partial charge in [-0.05, 0) is 61.2 Å². The molecule has 1 aliphatic heterocycles. The van der Waals surface area contributed by atoms with Gasteiger partial charge in [0.25, 0.3) is 5.91 Å². The molecule has 0 radical (unpaired) electrons. The lowest BCUT2D eigenvalue weighted by Crippen LogP contribution is -2.19. The van der Waals surface area contributed by atoms with E-state index in [1.165, 1.54) is 11.8 Å². The Morgan fingerprint density at radius 1 is 1.23 bits per heavy atom. The first-order valence-corrected chi connectivity index (χ1v) is 9.56. The van der Waals surface area contributed by atoms with Crippen molar-refractivity contribution in [2.75, 3.05) is 13.7 Å². The molecule has 1 heterocycles. The third kappa shape index (κ3) is 4.47. The zero-order valence-electron chi connectivity index (χ0n) is 14.3. The quantitative estimate of drug-likeness (QED) is 0.692. The Kier molecular flexibility index (Phi) is 6.00. The fraction of sp³-hybridized carbons (Fsp3) is 0.158. The number of hydrogen-bond donors (Lipinski definition) is 1. The summed E-state index contributed by atoms with van der Waals surface area (Å²) in [5.41, 5.74) is 1.58. The van der Waals surface area contributed by atoms with Gasteiger partial charge >= 0.3 is 0 Å². The normalized spacial score (nSPS) is 16.8. The number of carbonyl (C=O) groups excluding carboxylic acids is 1. The second kappa shape index (κ2) is 8.42. The van der Waals surface area contributed by atoms with Gasteiger partial charge in [-0.3, -0.25) is 4.79 Å². The summed E-state index contributed by atoms with van der Waals surface area (Å²) >= 11 is 4.69. The number of thioether (sulfide) groups is 1. The van der Waals surface area contributed by atoms with Gasteiger partial charge in [-0.1, -0.05) is 15.9 Å². The fourth-order valence-corrected chi connectivity index (χ4v) is 3.42. The average Bonchev–Trinajstić information content (AvgIpc) is 2.97. The van der Waals surface area contributed by atoms with E-state index >= 15 is 0 Å². The number of nitrogens with zero attached hydrogens (tertiary/aromatic N) is 1. The molecule has 0 saturated carbocycles. The van der Waals surface area contributed by atoms with Crippen LogP contribution in [0.5, 0.6) is 11.5 Å². The molecular weight excluding hydrogens is 416 g/mol. The smallest absolute Gasteiger partial charge is 0.264 e. The summed E-state index contributed by atoms with van der Waals surface area (Å²) in [6.45, 7) is 2.51. The number of amidine groups is 1. The van der Waals surface area contributed by atoms with Crippen molar-refractivity contribution < 1.29 is 14.3 Å². The molecule has 2 aromatic carbocycles. The van der Waals surface area contributed by atoms with Crippen LogP contribution in [-0.2, 0) is 4.79 Å². The third-order valence-corrected chi connectivity index (χ3v) is 4.95. The molecule has 0 atom stereocenters. The Bertz CT molecular complexity index is 879. The summed E-state index contributed by atoms with van der Waals surface area (Å²) in [4.78, 5) is 17.3. The molecule has 0 aromatic heterocycles. The van der Waals surface area contributed by atoms with Crippen LogP contribution >= 0.6 is 27.7 Å². The van der Waals surface area contributed by atoms with E-state index in [9.17, 15) is 4.79 Å². The SMILES string of the molecule is CCOc1ccc(C=C2SC(=Nc3ccc(Br)cc3)NC2=O)c(OC)c1. The molecule has 0 aliphatic carbocycles. The van der Waals surface area contributed by atoms with E-state index < -0.39 is 0 Å². The van der Waals surface area contributed by atoms with Crippen LogP contribution in [0.4, 0.5) is 5.69 Å². The number of ether oxygens (including phenoxy) is 2. The molecule has 0 bridgehead atoms. The number of nitrogens with one attached hydrogen (secondary N) is 1. The van der Waals surface area contributed by atoms with E-state index in [0.717, 1.165) is 21.5 Å². The number of methoxy groups -OCH3 is 1. The second-order valence-corrected chi connectivity index (χ2v) is 7.24. The zero-order chi connectivity index (χ0) is 18.5. The van der Waals surface area contributed by atoms with Crippen LogP contribution < -0.4 is 14.8 Å². The molecule has 0 unspecified atom stereocenters. The molecular formula is C19H17BrN2O3S. The van der Waals surface area contributed by atoms with Crippen molar-refractivity contribution in [2.24, 2.45) is 4.99 Å². The van der Waals surface area contributed by atoms with E-state index in [4.69, 9.17) is 9.47 Å². The number of amides is 1. The molecule has 1 aliphatic rings. The Hall–Kier alpha value is -2.25. The van der Waals surface area contributed by atoms with Crippen LogP contribution in [0.15, 0.2) is 56.8 Å². The van der Waals surface area contributed by atoms with Crippen molar-refractivity contribution in [2.45, 2.75) is 6.92 Å². The monoisotopic (exact) mass is 432 g/mol.